The number of aliphatic hydroxyl groups is 2. The van der Waals surface area contributed by atoms with E-state index in [9.17, 15) is 19.7 Å². The highest BCUT2D eigenvalue weighted by molar-refractivity contribution is 7.99. The molecule has 2 aliphatic rings. The highest BCUT2D eigenvalue weighted by atomic mass is 32.2. The lowest BCUT2D eigenvalue weighted by Crippen LogP contribution is -2.46. The van der Waals surface area contributed by atoms with E-state index in [4.69, 9.17) is 24.3 Å². The number of ether oxygens (including phenoxy) is 2. The minimum atomic E-state index is -4.65. The van der Waals surface area contributed by atoms with E-state index in [0.29, 0.717) is 30.2 Å². The first-order valence-electron chi connectivity index (χ1n) is 20.2. The normalized spacial score (nSPS) is 25.2. The molecule has 7 atom stereocenters. The third kappa shape index (κ3) is 11.5. The molecule has 3 heterocycles. The van der Waals surface area contributed by atoms with Crippen molar-refractivity contribution in [2.75, 3.05) is 25.6 Å². The number of hydrogen-bond acceptors (Lipinski definition) is 11. The second kappa shape index (κ2) is 20.9. The molecule has 0 amide bonds. The summed E-state index contributed by atoms with van der Waals surface area (Å²) >= 11 is 1.58. The highest BCUT2D eigenvalue weighted by Crippen LogP contribution is 2.63. The van der Waals surface area contributed by atoms with Crippen molar-refractivity contribution in [2.45, 2.75) is 157 Å². The van der Waals surface area contributed by atoms with Crippen LogP contribution in [0.2, 0.25) is 0 Å². The monoisotopic (exact) mass is 790 g/mol. The van der Waals surface area contributed by atoms with Crippen LogP contribution in [0, 0.1) is 0 Å². The van der Waals surface area contributed by atoms with Crippen LogP contribution in [0.25, 0.3) is 5.52 Å². The molecule has 5 N–H and O–H groups in total. The van der Waals surface area contributed by atoms with Crippen molar-refractivity contribution < 1.29 is 38.2 Å². The molecule has 1 aromatic carbocycles. The maximum absolute atomic E-state index is 13.1. The SMILES string of the molecule is CCCCCCCCCCCCCCCCCCOC[C@H](COP(=O)(O)OC1[C@H]2O[C@@](C)(c3ccc4c(N)ncnn34)[C@H](O)[C@@]12O)SCc1ccccc1. The molecule has 302 valence electrons. The quantitative estimate of drug-likeness (QED) is 0.0412. The molecule has 3 aromatic rings. The van der Waals surface area contributed by atoms with Crippen LogP contribution in [0.4, 0.5) is 5.82 Å². The van der Waals surface area contributed by atoms with Gasteiger partial charge < -0.3 is 30.3 Å². The van der Waals surface area contributed by atoms with E-state index in [-0.39, 0.29) is 17.7 Å². The average molecular weight is 791 g/mol. The first-order valence-corrected chi connectivity index (χ1v) is 22.7. The Morgan fingerprint density at radius 1 is 0.926 bits per heavy atom. The van der Waals surface area contributed by atoms with Crippen molar-refractivity contribution >= 4 is 30.9 Å². The van der Waals surface area contributed by atoms with Gasteiger partial charge in [-0.25, -0.2) is 14.1 Å². The fourth-order valence-electron chi connectivity index (χ4n) is 7.49. The van der Waals surface area contributed by atoms with Gasteiger partial charge in [0.2, 0.25) is 0 Å². The third-order valence-electron chi connectivity index (χ3n) is 10.8. The predicted molar refractivity (Wildman–Crippen MR) is 213 cm³/mol. The Bertz CT molecular complexity index is 1600. The minimum Gasteiger partial charge on any atom is -0.386 e. The van der Waals surface area contributed by atoms with Crippen LogP contribution in [-0.4, -0.2) is 78.7 Å². The number of aliphatic hydroxyl groups excluding tert-OH is 1. The summed E-state index contributed by atoms with van der Waals surface area (Å²) in [7, 11) is -4.65. The summed E-state index contributed by atoms with van der Waals surface area (Å²) in [5.74, 6) is 0.934. The van der Waals surface area contributed by atoms with Crippen LogP contribution in [0.1, 0.15) is 128 Å². The van der Waals surface area contributed by atoms with Crippen molar-refractivity contribution in [3.63, 3.8) is 0 Å². The number of rotatable bonds is 28. The van der Waals surface area contributed by atoms with Crippen LogP contribution in [0.3, 0.4) is 0 Å². The second-order valence-electron chi connectivity index (χ2n) is 15.2. The molecule has 1 aliphatic heterocycles. The van der Waals surface area contributed by atoms with Crippen LogP contribution in [0.15, 0.2) is 48.8 Å². The Labute approximate surface area is 325 Å². The minimum absolute atomic E-state index is 0.0988. The number of nitrogen functional groups attached to an aromatic ring is 1. The number of phosphoric acid groups is 1. The van der Waals surface area contributed by atoms with Crippen molar-refractivity contribution in [3.05, 3.63) is 60.0 Å². The topological polar surface area (TPSA) is 171 Å². The summed E-state index contributed by atoms with van der Waals surface area (Å²) < 4.78 is 37.6. The molecule has 2 aromatic heterocycles. The fraction of sp³-hybridized carbons (Fsp3) is 0.700. The highest BCUT2D eigenvalue weighted by Gasteiger charge is 2.82. The Morgan fingerprint density at radius 3 is 2.13 bits per heavy atom. The van der Waals surface area contributed by atoms with E-state index in [2.05, 4.69) is 17.0 Å². The van der Waals surface area contributed by atoms with Gasteiger partial charge in [0.1, 0.15) is 35.8 Å². The van der Waals surface area contributed by atoms with Gasteiger partial charge in [-0.15, -0.1) is 11.8 Å². The van der Waals surface area contributed by atoms with Gasteiger partial charge in [-0.2, -0.15) is 5.10 Å². The molecule has 54 heavy (non-hydrogen) atoms. The summed E-state index contributed by atoms with van der Waals surface area (Å²) in [6.07, 6.45) is 18.5. The predicted octanol–water partition coefficient (Wildman–Crippen LogP) is 8.11. The van der Waals surface area contributed by atoms with E-state index >= 15 is 0 Å². The average Bonchev–Trinajstić information content (AvgIpc) is 3.41. The molecule has 0 radical (unpaired) electrons. The van der Waals surface area contributed by atoms with Crippen LogP contribution in [0.5, 0.6) is 0 Å². The van der Waals surface area contributed by atoms with Gasteiger partial charge in [-0.1, -0.05) is 134 Å². The summed E-state index contributed by atoms with van der Waals surface area (Å²) in [5, 5.41) is 26.6. The van der Waals surface area contributed by atoms with E-state index < -0.39 is 37.3 Å². The smallest absolute Gasteiger partial charge is 0.386 e. The van der Waals surface area contributed by atoms with Gasteiger partial charge in [0.15, 0.2) is 11.4 Å². The molecule has 1 aliphatic carbocycles. The number of nitrogens with zero attached hydrogens (tertiary/aromatic N) is 3. The maximum atomic E-state index is 13.1. The van der Waals surface area contributed by atoms with E-state index in [1.807, 2.05) is 30.3 Å². The third-order valence-corrected chi connectivity index (χ3v) is 13.1. The van der Waals surface area contributed by atoms with Crippen LogP contribution in [-0.2, 0) is 34.4 Å². The van der Waals surface area contributed by atoms with Crippen molar-refractivity contribution in [1.82, 2.24) is 14.6 Å². The zero-order valence-electron chi connectivity index (χ0n) is 32.2. The van der Waals surface area contributed by atoms with Gasteiger partial charge in [-0.3, -0.25) is 9.05 Å². The van der Waals surface area contributed by atoms with E-state index in [0.717, 1.165) is 18.4 Å². The van der Waals surface area contributed by atoms with E-state index in [1.54, 1.807) is 30.8 Å². The Kier molecular flexibility index (Phi) is 16.7. The molecule has 2 fully saturated rings. The maximum Gasteiger partial charge on any atom is 0.472 e. The lowest BCUT2D eigenvalue weighted by atomic mass is 9.91. The Balaban J connectivity index is 0.989. The van der Waals surface area contributed by atoms with Crippen molar-refractivity contribution in [1.29, 1.82) is 0 Å². The largest absolute Gasteiger partial charge is 0.472 e. The number of fused-ring (bicyclic) bond motifs is 2. The molecule has 12 nitrogen and oxygen atoms in total. The summed E-state index contributed by atoms with van der Waals surface area (Å²) in [6.45, 7) is 4.76. The first-order chi connectivity index (χ1) is 26.1. The molecule has 2 unspecified atom stereocenters. The molecule has 1 saturated heterocycles. The Hall–Kier alpha value is -2.06. The lowest BCUT2D eigenvalue weighted by Gasteiger charge is -2.32. The Morgan fingerprint density at radius 2 is 1.54 bits per heavy atom. The zero-order valence-corrected chi connectivity index (χ0v) is 33.9. The van der Waals surface area contributed by atoms with Crippen molar-refractivity contribution in [2.24, 2.45) is 0 Å². The fourth-order valence-corrected chi connectivity index (χ4v) is 9.56. The number of hydrogen-bond donors (Lipinski definition) is 4. The number of unbranched alkanes of at least 4 members (excludes halogenated alkanes) is 15. The summed E-state index contributed by atoms with van der Waals surface area (Å²) in [4.78, 5) is 14.7. The molecule has 5 rings (SSSR count). The second-order valence-corrected chi connectivity index (χ2v) is 17.9. The number of nitrogens with two attached hydrogens (primary N) is 1. The number of aromatic nitrogens is 3. The standard InChI is InChI=1S/C40H63N4O8PS/c1-3-4-5-6-7-8-9-10-11-12-13-14-15-16-17-21-26-49-27-32(54-29-31-22-19-18-20-23-31)28-50-53(47,48)52-36-35-40(36,46)38(45)39(2,51-35)34-25-24-33-37(41)42-30-43-44(33)34/h18-20,22-25,30,32,35-36,38,45-46H,3-17,21,26-29H2,1-2H3,(H,47,48)(H2,41,42,43)/t32-,35-,36?,38+,39+,40+/m1/s1. The molecule has 0 spiro atoms. The van der Waals surface area contributed by atoms with Gasteiger partial charge in [0.25, 0.3) is 0 Å². The molecule has 0 bridgehead atoms. The number of phosphoric ester groups is 1. The van der Waals surface area contributed by atoms with Gasteiger partial charge in [0.05, 0.1) is 24.2 Å². The molecular formula is C40H63N4O8PS. The van der Waals surface area contributed by atoms with Gasteiger partial charge in [-0.05, 0) is 31.0 Å². The van der Waals surface area contributed by atoms with Crippen LogP contribution < -0.4 is 5.73 Å². The van der Waals surface area contributed by atoms with Gasteiger partial charge in [0, 0.05) is 12.4 Å². The first kappa shape index (κ1) is 43.1. The number of thioether (sulfide) groups is 1. The van der Waals surface area contributed by atoms with Gasteiger partial charge >= 0.3 is 7.82 Å². The number of anilines is 1. The molecule has 1 saturated carbocycles. The number of benzene rings is 1. The van der Waals surface area contributed by atoms with Crippen molar-refractivity contribution in [3.8, 4) is 0 Å². The van der Waals surface area contributed by atoms with E-state index in [1.165, 1.54) is 101 Å². The lowest BCUT2D eigenvalue weighted by molar-refractivity contribution is -0.126. The molecule has 14 heteroatoms. The summed E-state index contributed by atoms with van der Waals surface area (Å²) in [5.41, 5.74) is 4.74. The zero-order chi connectivity index (χ0) is 38.4. The summed E-state index contributed by atoms with van der Waals surface area (Å²) in [6, 6.07) is 13.4. The van der Waals surface area contributed by atoms with Crippen LogP contribution >= 0.6 is 19.6 Å². The molecular weight excluding hydrogens is 728 g/mol.